The maximum Gasteiger partial charge on any atom is 0.182 e. The fourth-order valence-electron chi connectivity index (χ4n) is 5.39. The van der Waals surface area contributed by atoms with Crippen LogP contribution in [0.4, 0.5) is 0 Å². The Hall–Kier alpha value is -2.62. The summed E-state index contributed by atoms with van der Waals surface area (Å²) in [5.41, 5.74) is 3.10. The molecular formula is C31H44N2O2. The number of nitrogens with zero attached hydrogens (tertiary/aromatic N) is 2. The first-order valence-corrected chi connectivity index (χ1v) is 13.0. The molecule has 1 heterocycles. The molecule has 1 fully saturated rings. The van der Waals surface area contributed by atoms with Gasteiger partial charge in [0.2, 0.25) is 0 Å². The van der Waals surface area contributed by atoms with E-state index in [9.17, 15) is 9.90 Å². The Bertz CT molecular complexity index is 1020. The lowest BCUT2D eigenvalue weighted by molar-refractivity contribution is 0.0963. The Morgan fingerprint density at radius 2 is 1.60 bits per heavy atom. The molecule has 0 saturated carbocycles. The number of aromatic hydroxyl groups is 1. The summed E-state index contributed by atoms with van der Waals surface area (Å²) < 4.78 is 0. The Morgan fingerprint density at radius 1 is 1.03 bits per heavy atom. The first-order chi connectivity index (χ1) is 16.4. The number of amidine groups is 1. The number of aliphatic imine (C=N–C) groups is 1. The predicted octanol–water partition coefficient (Wildman–Crippen LogP) is 6.79. The van der Waals surface area contributed by atoms with Gasteiger partial charge in [0.05, 0.1) is 6.54 Å². The summed E-state index contributed by atoms with van der Waals surface area (Å²) in [6, 6.07) is 14.4. The Morgan fingerprint density at radius 3 is 2.09 bits per heavy atom. The molecule has 2 atom stereocenters. The van der Waals surface area contributed by atoms with Crippen LogP contribution in [0.5, 0.6) is 5.75 Å². The zero-order valence-electron chi connectivity index (χ0n) is 23.0. The molecule has 3 rings (SSSR count). The number of likely N-dealkylation sites (tertiary alicyclic amines) is 1. The minimum Gasteiger partial charge on any atom is -0.507 e. The molecule has 0 spiro atoms. The standard InChI is InChI=1S/C31H44N2O2/c1-9-13-22-19-33(29(32-8)24(22)16-21-14-11-10-12-15-21)20-27(34)23-17-25(30(2,3)4)28(35)26(18-23)31(5,6)7/h10-12,14-15,17-18,22,24,35H,9,13,16,19-20H2,1-8H3/b32-29+/t22-,24+/m0/s1. The van der Waals surface area contributed by atoms with Gasteiger partial charge in [-0.2, -0.15) is 0 Å². The van der Waals surface area contributed by atoms with Crippen LogP contribution in [0, 0.1) is 11.8 Å². The van der Waals surface area contributed by atoms with Gasteiger partial charge in [0, 0.05) is 36.2 Å². The molecule has 4 heteroatoms. The van der Waals surface area contributed by atoms with Gasteiger partial charge in [-0.3, -0.25) is 9.79 Å². The number of benzene rings is 2. The van der Waals surface area contributed by atoms with Crippen LogP contribution in [0.2, 0.25) is 0 Å². The molecule has 0 amide bonds. The number of Topliss-reactive ketones (excluding diaryl/α,β-unsaturated/α-hetero) is 1. The van der Waals surface area contributed by atoms with Gasteiger partial charge in [-0.15, -0.1) is 0 Å². The van der Waals surface area contributed by atoms with E-state index in [0.717, 1.165) is 42.8 Å². The quantitative estimate of drug-likeness (QED) is 0.448. The second kappa shape index (κ2) is 10.6. The second-order valence-corrected chi connectivity index (χ2v) is 12.2. The fourth-order valence-corrected chi connectivity index (χ4v) is 5.39. The van der Waals surface area contributed by atoms with Gasteiger partial charge in [0.1, 0.15) is 11.6 Å². The number of ketones is 1. The largest absolute Gasteiger partial charge is 0.507 e. The van der Waals surface area contributed by atoms with E-state index in [-0.39, 0.29) is 16.6 Å². The first-order valence-electron chi connectivity index (χ1n) is 13.0. The molecule has 35 heavy (non-hydrogen) atoms. The minimum atomic E-state index is -0.267. The highest BCUT2D eigenvalue weighted by Gasteiger charge is 2.38. The first kappa shape index (κ1) is 27.0. The molecule has 0 aromatic heterocycles. The third-order valence-electron chi connectivity index (χ3n) is 7.25. The highest BCUT2D eigenvalue weighted by molar-refractivity contribution is 6.01. The van der Waals surface area contributed by atoms with Crippen LogP contribution in [-0.4, -0.2) is 41.8 Å². The molecule has 1 aliphatic rings. The van der Waals surface area contributed by atoms with Gasteiger partial charge < -0.3 is 10.0 Å². The summed E-state index contributed by atoms with van der Waals surface area (Å²) in [6.45, 7) is 15.9. The number of carbonyl (C=O) groups excluding carboxylic acids is 1. The Kier molecular flexibility index (Phi) is 8.14. The highest BCUT2D eigenvalue weighted by Crippen LogP contribution is 2.40. The minimum absolute atomic E-state index is 0.0813. The monoisotopic (exact) mass is 476 g/mol. The van der Waals surface area contributed by atoms with Gasteiger partial charge in [-0.05, 0) is 47.3 Å². The van der Waals surface area contributed by atoms with E-state index in [1.54, 1.807) is 0 Å². The summed E-state index contributed by atoms with van der Waals surface area (Å²) >= 11 is 0. The maximum absolute atomic E-state index is 13.7. The SMILES string of the molecule is CCC[C@H]1CN(CC(=O)c2cc(C(C)(C)C)c(O)c(C(C)(C)C)c2)/C(=N/C)[C@@H]1Cc1ccccc1. The van der Waals surface area contributed by atoms with Crippen molar-refractivity contribution < 1.29 is 9.90 Å². The van der Waals surface area contributed by atoms with Crippen molar-refractivity contribution in [3.05, 3.63) is 64.7 Å². The molecule has 0 radical (unpaired) electrons. The predicted molar refractivity (Wildman–Crippen MR) is 147 cm³/mol. The van der Waals surface area contributed by atoms with E-state index in [0.29, 0.717) is 29.7 Å². The molecule has 0 unspecified atom stereocenters. The lowest BCUT2D eigenvalue weighted by Crippen LogP contribution is -2.33. The summed E-state index contributed by atoms with van der Waals surface area (Å²) in [5, 5.41) is 11.1. The molecule has 2 aromatic carbocycles. The van der Waals surface area contributed by atoms with Gasteiger partial charge in [-0.1, -0.05) is 85.2 Å². The van der Waals surface area contributed by atoms with E-state index in [1.807, 2.05) is 19.2 Å². The van der Waals surface area contributed by atoms with Crippen molar-refractivity contribution in [2.24, 2.45) is 16.8 Å². The van der Waals surface area contributed by atoms with Crippen LogP contribution in [0.3, 0.4) is 0 Å². The van der Waals surface area contributed by atoms with E-state index >= 15 is 0 Å². The summed E-state index contributed by atoms with van der Waals surface area (Å²) in [7, 11) is 1.86. The third-order valence-corrected chi connectivity index (χ3v) is 7.25. The van der Waals surface area contributed by atoms with Gasteiger partial charge in [0.15, 0.2) is 5.78 Å². The Balaban J connectivity index is 1.92. The third kappa shape index (κ3) is 6.15. The molecular weight excluding hydrogens is 432 g/mol. The second-order valence-electron chi connectivity index (χ2n) is 12.2. The molecule has 0 aliphatic carbocycles. The number of hydrogen-bond donors (Lipinski definition) is 1. The number of rotatable bonds is 7. The number of phenolic OH excluding ortho intramolecular Hbond substituents is 1. The maximum atomic E-state index is 13.7. The van der Waals surface area contributed by atoms with E-state index < -0.39 is 0 Å². The molecule has 1 aliphatic heterocycles. The van der Waals surface area contributed by atoms with E-state index in [4.69, 9.17) is 4.99 Å². The highest BCUT2D eigenvalue weighted by atomic mass is 16.3. The molecule has 190 valence electrons. The van der Waals surface area contributed by atoms with Crippen LogP contribution in [0.25, 0.3) is 0 Å². The van der Waals surface area contributed by atoms with Crippen molar-refractivity contribution in [1.29, 1.82) is 0 Å². The van der Waals surface area contributed by atoms with Gasteiger partial charge >= 0.3 is 0 Å². The van der Waals surface area contributed by atoms with Crippen molar-refractivity contribution in [3.8, 4) is 5.75 Å². The smallest absolute Gasteiger partial charge is 0.182 e. The van der Waals surface area contributed by atoms with Crippen molar-refractivity contribution in [2.45, 2.75) is 78.6 Å². The average molecular weight is 477 g/mol. The number of phenols is 1. The Labute approximate surface area is 212 Å². The topological polar surface area (TPSA) is 52.9 Å². The fraction of sp³-hybridized carbons (Fsp3) is 0.548. The average Bonchev–Trinajstić information content (AvgIpc) is 3.08. The van der Waals surface area contributed by atoms with Gasteiger partial charge in [0.25, 0.3) is 0 Å². The molecule has 1 N–H and O–H groups in total. The molecule has 1 saturated heterocycles. The van der Waals surface area contributed by atoms with Crippen molar-refractivity contribution >= 4 is 11.6 Å². The lowest BCUT2D eigenvalue weighted by Gasteiger charge is -2.28. The summed E-state index contributed by atoms with van der Waals surface area (Å²) in [4.78, 5) is 20.6. The molecule has 0 bridgehead atoms. The van der Waals surface area contributed by atoms with E-state index in [1.165, 1.54) is 5.56 Å². The number of carbonyl (C=O) groups is 1. The van der Waals surface area contributed by atoms with E-state index in [2.05, 4.69) is 83.7 Å². The van der Waals surface area contributed by atoms with Crippen LogP contribution in [0.1, 0.15) is 88.4 Å². The van der Waals surface area contributed by atoms with Gasteiger partial charge in [-0.25, -0.2) is 0 Å². The van der Waals surface area contributed by atoms with Crippen molar-refractivity contribution in [2.75, 3.05) is 20.1 Å². The van der Waals surface area contributed by atoms with Crippen LogP contribution < -0.4 is 0 Å². The van der Waals surface area contributed by atoms with Crippen LogP contribution in [0.15, 0.2) is 47.5 Å². The normalized spacial score (nSPS) is 20.0. The summed E-state index contributed by atoms with van der Waals surface area (Å²) in [6.07, 6.45) is 3.20. The van der Waals surface area contributed by atoms with Crippen molar-refractivity contribution in [3.63, 3.8) is 0 Å². The molecule has 2 aromatic rings. The number of hydrogen-bond acceptors (Lipinski definition) is 3. The van der Waals surface area contributed by atoms with Crippen LogP contribution in [-0.2, 0) is 17.3 Å². The summed E-state index contributed by atoms with van der Waals surface area (Å²) in [5.74, 6) is 2.25. The lowest BCUT2D eigenvalue weighted by atomic mass is 9.78. The molecule has 4 nitrogen and oxygen atoms in total. The van der Waals surface area contributed by atoms with Crippen LogP contribution >= 0.6 is 0 Å². The zero-order chi connectivity index (χ0) is 26.0. The van der Waals surface area contributed by atoms with Crippen molar-refractivity contribution in [1.82, 2.24) is 4.90 Å². The zero-order valence-corrected chi connectivity index (χ0v) is 23.0.